The molecule has 24 heavy (non-hydrogen) atoms. The molecule has 0 saturated carbocycles. The fourth-order valence-electron chi connectivity index (χ4n) is 2.71. The molecule has 2 N–H and O–H groups in total. The molecule has 0 saturated heterocycles. The number of rotatable bonds is 4. The van der Waals surface area contributed by atoms with Crippen molar-refractivity contribution in [2.45, 2.75) is 25.4 Å². The molecule has 4 nitrogen and oxygen atoms in total. The predicted octanol–water partition coefficient (Wildman–Crippen LogP) is 3.74. The molecule has 2 aromatic rings. The number of allylic oxidation sites excluding steroid dienone is 3. The molecule has 3 rings (SSSR count). The summed E-state index contributed by atoms with van der Waals surface area (Å²) in [5, 5.41) is 3.28. The number of nitrogens with one attached hydrogen (secondary N) is 2. The van der Waals surface area contributed by atoms with Gasteiger partial charge >= 0.3 is 6.18 Å². The lowest BCUT2D eigenvalue weighted by molar-refractivity contribution is -0.135. The van der Waals surface area contributed by atoms with Crippen LogP contribution in [0.5, 0.6) is 0 Å². The first-order valence-corrected chi connectivity index (χ1v) is 7.62. The molecule has 2 aromatic heterocycles. The Balaban J connectivity index is 1.76. The zero-order valence-electron chi connectivity index (χ0n) is 12.8. The van der Waals surface area contributed by atoms with Gasteiger partial charge in [0.15, 0.2) is 0 Å². The predicted molar refractivity (Wildman–Crippen MR) is 85.1 cm³/mol. The summed E-state index contributed by atoms with van der Waals surface area (Å²) < 4.78 is 36.5. The average molecular weight is 335 g/mol. The van der Waals surface area contributed by atoms with Crippen molar-refractivity contribution in [2.75, 3.05) is 6.54 Å². The van der Waals surface area contributed by atoms with E-state index in [0.717, 1.165) is 22.2 Å². The number of fused-ring (bicyclic) bond motifs is 1. The highest BCUT2D eigenvalue weighted by Gasteiger charge is 2.27. The number of aromatic nitrogens is 2. The zero-order chi connectivity index (χ0) is 17.2. The number of H-pyrrole nitrogens is 1. The number of carbonyl (C=O) groups is 1. The maximum atomic E-state index is 12.2. The first kappa shape index (κ1) is 16.3. The number of pyridine rings is 1. The van der Waals surface area contributed by atoms with Crippen molar-refractivity contribution < 1.29 is 18.0 Å². The zero-order valence-corrected chi connectivity index (χ0v) is 12.8. The number of hydrogen-bond acceptors (Lipinski definition) is 2. The normalized spacial score (nSPS) is 15.1. The van der Waals surface area contributed by atoms with Gasteiger partial charge in [-0.15, -0.1) is 0 Å². The Kier molecular flexibility index (Phi) is 4.42. The summed E-state index contributed by atoms with van der Waals surface area (Å²) in [6.07, 6.45) is 3.13. The molecule has 0 radical (unpaired) electrons. The molecule has 1 aliphatic rings. The minimum absolute atomic E-state index is 0.407. The lowest BCUT2D eigenvalue weighted by atomic mass is 9.93. The van der Waals surface area contributed by atoms with Gasteiger partial charge in [-0.25, -0.2) is 4.98 Å². The molecule has 0 atom stereocenters. The SMILES string of the molecule is O=C(NCCC(F)(F)F)C1=CC(c2ccnc3[nH]ccc23)=CCC1. The summed E-state index contributed by atoms with van der Waals surface area (Å²) in [7, 11) is 0. The highest BCUT2D eigenvalue weighted by Crippen LogP contribution is 2.29. The Hall–Kier alpha value is -2.57. The van der Waals surface area contributed by atoms with E-state index in [1.807, 2.05) is 18.2 Å². The molecular weight excluding hydrogens is 319 g/mol. The highest BCUT2D eigenvalue weighted by atomic mass is 19.4. The third kappa shape index (κ3) is 3.67. The first-order chi connectivity index (χ1) is 11.4. The van der Waals surface area contributed by atoms with Crippen LogP contribution in [0.3, 0.4) is 0 Å². The lowest BCUT2D eigenvalue weighted by Gasteiger charge is -2.15. The van der Waals surface area contributed by atoms with Crippen LogP contribution in [-0.4, -0.2) is 28.6 Å². The third-order valence-corrected chi connectivity index (χ3v) is 3.86. The van der Waals surface area contributed by atoms with Crippen molar-refractivity contribution in [2.24, 2.45) is 0 Å². The van der Waals surface area contributed by atoms with Gasteiger partial charge in [0.2, 0.25) is 5.91 Å². The van der Waals surface area contributed by atoms with Gasteiger partial charge < -0.3 is 10.3 Å². The molecule has 0 fully saturated rings. The molecular formula is C17H16F3N3O. The van der Waals surface area contributed by atoms with Crippen LogP contribution in [0.2, 0.25) is 0 Å². The van der Waals surface area contributed by atoms with Crippen LogP contribution >= 0.6 is 0 Å². The van der Waals surface area contributed by atoms with Gasteiger partial charge in [-0.1, -0.05) is 6.08 Å². The van der Waals surface area contributed by atoms with E-state index in [0.29, 0.717) is 18.4 Å². The molecule has 2 heterocycles. The van der Waals surface area contributed by atoms with Crippen LogP contribution in [0.25, 0.3) is 16.6 Å². The van der Waals surface area contributed by atoms with Gasteiger partial charge in [0, 0.05) is 29.9 Å². The van der Waals surface area contributed by atoms with E-state index in [2.05, 4.69) is 15.3 Å². The number of hydrogen-bond donors (Lipinski definition) is 2. The van der Waals surface area contributed by atoms with Crippen molar-refractivity contribution in [3.8, 4) is 0 Å². The number of aromatic amines is 1. The van der Waals surface area contributed by atoms with Crippen molar-refractivity contribution in [1.29, 1.82) is 0 Å². The molecule has 0 aromatic carbocycles. The van der Waals surface area contributed by atoms with Gasteiger partial charge in [-0.05, 0) is 42.2 Å². The molecule has 0 bridgehead atoms. The quantitative estimate of drug-likeness (QED) is 0.894. The number of halogens is 3. The van der Waals surface area contributed by atoms with Gasteiger partial charge in [-0.2, -0.15) is 13.2 Å². The smallest absolute Gasteiger partial charge is 0.352 e. The van der Waals surface area contributed by atoms with Crippen molar-refractivity contribution in [3.05, 3.63) is 47.8 Å². The number of amides is 1. The average Bonchev–Trinajstić information content (AvgIpc) is 3.02. The van der Waals surface area contributed by atoms with E-state index in [1.165, 1.54) is 0 Å². The number of carbonyl (C=O) groups excluding carboxylic acids is 1. The van der Waals surface area contributed by atoms with Crippen LogP contribution in [0.1, 0.15) is 24.8 Å². The Labute approximate surface area is 136 Å². The van der Waals surface area contributed by atoms with Gasteiger partial charge in [0.1, 0.15) is 5.65 Å². The van der Waals surface area contributed by atoms with Crippen molar-refractivity contribution in [3.63, 3.8) is 0 Å². The monoisotopic (exact) mass is 335 g/mol. The van der Waals surface area contributed by atoms with Gasteiger partial charge in [0.25, 0.3) is 0 Å². The van der Waals surface area contributed by atoms with Crippen molar-refractivity contribution in [1.82, 2.24) is 15.3 Å². The molecule has 0 unspecified atom stereocenters. The molecule has 126 valence electrons. The second kappa shape index (κ2) is 6.51. The molecule has 1 aliphatic carbocycles. The number of nitrogens with zero attached hydrogens (tertiary/aromatic N) is 1. The Morgan fingerprint density at radius 1 is 1.33 bits per heavy atom. The van der Waals surface area contributed by atoms with Gasteiger partial charge in [0.05, 0.1) is 6.42 Å². The van der Waals surface area contributed by atoms with E-state index in [-0.39, 0.29) is 0 Å². The molecule has 0 spiro atoms. The van der Waals surface area contributed by atoms with E-state index >= 15 is 0 Å². The van der Waals surface area contributed by atoms with Gasteiger partial charge in [-0.3, -0.25) is 4.79 Å². The third-order valence-electron chi connectivity index (χ3n) is 3.86. The molecule has 1 amide bonds. The van der Waals surface area contributed by atoms with Crippen LogP contribution < -0.4 is 5.32 Å². The Morgan fingerprint density at radius 3 is 2.96 bits per heavy atom. The van der Waals surface area contributed by atoms with E-state index in [9.17, 15) is 18.0 Å². The van der Waals surface area contributed by atoms with E-state index < -0.39 is 25.0 Å². The minimum atomic E-state index is -4.27. The second-order valence-corrected chi connectivity index (χ2v) is 5.59. The minimum Gasteiger partial charge on any atom is -0.352 e. The molecule has 0 aliphatic heterocycles. The topological polar surface area (TPSA) is 57.8 Å². The summed E-state index contributed by atoms with van der Waals surface area (Å²) >= 11 is 0. The summed E-state index contributed by atoms with van der Waals surface area (Å²) in [6.45, 7) is -0.407. The maximum absolute atomic E-state index is 12.2. The Bertz CT molecular complexity index is 818. The molecule has 7 heteroatoms. The van der Waals surface area contributed by atoms with Crippen LogP contribution in [0.15, 0.2) is 42.3 Å². The summed E-state index contributed by atoms with van der Waals surface area (Å²) in [5.74, 6) is -0.441. The van der Waals surface area contributed by atoms with Crippen LogP contribution in [-0.2, 0) is 4.79 Å². The van der Waals surface area contributed by atoms with Crippen LogP contribution in [0.4, 0.5) is 13.2 Å². The first-order valence-electron chi connectivity index (χ1n) is 7.62. The maximum Gasteiger partial charge on any atom is 0.390 e. The fourth-order valence-corrected chi connectivity index (χ4v) is 2.71. The summed E-state index contributed by atoms with van der Waals surface area (Å²) in [6, 6.07) is 3.77. The van der Waals surface area contributed by atoms with Crippen molar-refractivity contribution >= 4 is 22.5 Å². The lowest BCUT2D eigenvalue weighted by Crippen LogP contribution is -2.29. The Morgan fingerprint density at radius 2 is 2.17 bits per heavy atom. The van der Waals surface area contributed by atoms with E-state index in [4.69, 9.17) is 0 Å². The summed E-state index contributed by atoms with van der Waals surface area (Å²) in [4.78, 5) is 19.3. The van der Waals surface area contributed by atoms with Crippen LogP contribution in [0, 0.1) is 0 Å². The standard InChI is InChI=1S/C17H16F3N3O/c18-17(19,20)6-9-23-16(24)12-3-1-2-11(10-12)13-4-7-21-15-14(13)5-8-22-15/h2,4-5,7-8,10H,1,3,6,9H2,(H,21,22)(H,23,24). The van der Waals surface area contributed by atoms with E-state index in [1.54, 1.807) is 18.5 Å². The second-order valence-electron chi connectivity index (χ2n) is 5.59. The largest absolute Gasteiger partial charge is 0.390 e. The summed E-state index contributed by atoms with van der Waals surface area (Å²) in [5.41, 5.74) is 3.08. The number of alkyl halides is 3. The highest BCUT2D eigenvalue weighted by molar-refractivity contribution is 6.00. The fraction of sp³-hybridized carbons (Fsp3) is 0.294.